The minimum absolute atomic E-state index is 0. The first-order valence-electron chi connectivity index (χ1n) is 10.5. The Morgan fingerprint density at radius 3 is 2.59 bits per heavy atom. The summed E-state index contributed by atoms with van der Waals surface area (Å²) in [6.07, 6.45) is 3.50. The van der Waals surface area contributed by atoms with Crippen LogP contribution >= 0.6 is 24.0 Å². The molecular formula is C23H29IN6O2. The van der Waals surface area contributed by atoms with Gasteiger partial charge in [-0.25, -0.2) is 9.97 Å². The van der Waals surface area contributed by atoms with E-state index < -0.39 is 0 Å². The summed E-state index contributed by atoms with van der Waals surface area (Å²) >= 11 is 0. The van der Waals surface area contributed by atoms with E-state index in [-0.39, 0.29) is 24.0 Å². The Morgan fingerprint density at radius 1 is 1.09 bits per heavy atom. The van der Waals surface area contributed by atoms with Gasteiger partial charge in [0.25, 0.3) is 0 Å². The van der Waals surface area contributed by atoms with Crippen LogP contribution in [0.1, 0.15) is 16.8 Å². The lowest BCUT2D eigenvalue weighted by Gasteiger charge is -2.29. The third-order valence-corrected chi connectivity index (χ3v) is 5.14. The lowest BCUT2D eigenvalue weighted by atomic mass is 10.1. The summed E-state index contributed by atoms with van der Waals surface area (Å²) in [5, 5.41) is 6.65. The van der Waals surface area contributed by atoms with Crippen molar-refractivity contribution in [1.82, 2.24) is 20.6 Å². The molecule has 0 unspecified atom stereocenters. The molecule has 32 heavy (non-hydrogen) atoms. The van der Waals surface area contributed by atoms with E-state index in [0.717, 1.165) is 48.9 Å². The van der Waals surface area contributed by atoms with Gasteiger partial charge in [0.15, 0.2) is 5.96 Å². The molecule has 0 saturated carbocycles. The topological polar surface area (TPSA) is 87.8 Å². The summed E-state index contributed by atoms with van der Waals surface area (Å²) < 4.78 is 11.1. The number of aromatic nitrogens is 2. The predicted octanol–water partition coefficient (Wildman–Crippen LogP) is 3.36. The number of benzene rings is 1. The molecule has 2 N–H and O–H groups in total. The summed E-state index contributed by atoms with van der Waals surface area (Å²) in [4.78, 5) is 15.7. The first kappa shape index (κ1) is 24.0. The van der Waals surface area contributed by atoms with Gasteiger partial charge in [0.05, 0.1) is 25.5 Å². The van der Waals surface area contributed by atoms with Crippen LogP contribution in [0, 0.1) is 6.92 Å². The SMILES string of the molecule is CN=C(NCc1coc(-c2ccc(C)cc2)n1)NCc1cccnc1N1CCOCC1.I. The second-order valence-electron chi connectivity index (χ2n) is 7.37. The molecule has 0 amide bonds. The van der Waals surface area contributed by atoms with Gasteiger partial charge >= 0.3 is 0 Å². The molecule has 1 fully saturated rings. The summed E-state index contributed by atoms with van der Waals surface area (Å²) in [5.41, 5.74) is 4.10. The molecule has 3 aromatic rings. The van der Waals surface area contributed by atoms with E-state index in [1.807, 2.05) is 36.5 Å². The molecule has 0 bridgehead atoms. The average Bonchev–Trinajstić information content (AvgIpc) is 3.29. The Labute approximate surface area is 205 Å². The van der Waals surface area contributed by atoms with Gasteiger partial charge in [0, 0.05) is 44.0 Å². The predicted molar refractivity (Wildman–Crippen MR) is 136 cm³/mol. The molecular weight excluding hydrogens is 519 g/mol. The Balaban J connectivity index is 0.00000289. The second kappa shape index (κ2) is 11.8. The van der Waals surface area contributed by atoms with Gasteiger partial charge in [0.1, 0.15) is 12.1 Å². The molecule has 1 saturated heterocycles. The maximum absolute atomic E-state index is 5.63. The highest BCUT2D eigenvalue weighted by molar-refractivity contribution is 14.0. The zero-order valence-electron chi connectivity index (χ0n) is 18.4. The fraction of sp³-hybridized carbons (Fsp3) is 0.348. The smallest absolute Gasteiger partial charge is 0.226 e. The van der Waals surface area contributed by atoms with Crippen molar-refractivity contribution < 1.29 is 9.15 Å². The number of nitrogens with one attached hydrogen (secondary N) is 2. The second-order valence-corrected chi connectivity index (χ2v) is 7.37. The van der Waals surface area contributed by atoms with Gasteiger partial charge in [0.2, 0.25) is 5.89 Å². The number of guanidine groups is 1. The Morgan fingerprint density at radius 2 is 1.84 bits per heavy atom. The Hall–Kier alpha value is -2.66. The number of pyridine rings is 1. The lowest BCUT2D eigenvalue weighted by molar-refractivity contribution is 0.122. The van der Waals surface area contributed by atoms with Crippen LogP contribution in [-0.2, 0) is 17.8 Å². The minimum atomic E-state index is 0. The molecule has 9 heteroatoms. The van der Waals surface area contributed by atoms with Crippen molar-refractivity contribution in [2.45, 2.75) is 20.0 Å². The molecule has 0 atom stereocenters. The highest BCUT2D eigenvalue weighted by atomic mass is 127. The molecule has 0 spiro atoms. The van der Waals surface area contributed by atoms with Crippen molar-refractivity contribution in [3.63, 3.8) is 0 Å². The first-order valence-corrected chi connectivity index (χ1v) is 10.5. The number of halogens is 1. The van der Waals surface area contributed by atoms with Crippen LogP contribution in [-0.4, -0.2) is 49.3 Å². The third-order valence-electron chi connectivity index (χ3n) is 5.14. The van der Waals surface area contributed by atoms with Crippen molar-refractivity contribution in [2.75, 3.05) is 38.3 Å². The van der Waals surface area contributed by atoms with Crippen LogP contribution in [0.2, 0.25) is 0 Å². The van der Waals surface area contributed by atoms with Crippen LogP contribution in [0.15, 0.2) is 58.3 Å². The molecule has 1 aliphatic rings. The minimum Gasteiger partial charge on any atom is -0.444 e. The fourth-order valence-corrected chi connectivity index (χ4v) is 3.42. The van der Waals surface area contributed by atoms with Crippen molar-refractivity contribution in [3.8, 4) is 11.5 Å². The highest BCUT2D eigenvalue weighted by Crippen LogP contribution is 2.19. The molecule has 170 valence electrons. The monoisotopic (exact) mass is 548 g/mol. The van der Waals surface area contributed by atoms with Crippen LogP contribution in [0.4, 0.5) is 5.82 Å². The number of rotatable bonds is 6. The zero-order chi connectivity index (χ0) is 21.5. The van der Waals surface area contributed by atoms with Crippen molar-refractivity contribution in [2.24, 2.45) is 4.99 Å². The number of hydrogen-bond acceptors (Lipinski definition) is 6. The van der Waals surface area contributed by atoms with E-state index in [2.05, 4.69) is 43.5 Å². The quantitative estimate of drug-likeness (QED) is 0.278. The van der Waals surface area contributed by atoms with Crippen molar-refractivity contribution in [1.29, 1.82) is 0 Å². The number of hydrogen-bond donors (Lipinski definition) is 2. The number of aryl methyl sites for hydroxylation is 1. The van der Waals surface area contributed by atoms with E-state index in [4.69, 9.17) is 9.15 Å². The number of morpholine rings is 1. The van der Waals surface area contributed by atoms with Gasteiger partial charge in [-0.15, -0.1) is 24.0 Å². The van der Waals surface area contributed by atoms with E-state index >= 15 is 0 Å². The summed E-state index contributed by atoms with van der Waals surface area (Å²) in [6, 6.07) is 12.2. The van der Waals surface area contributed by atoms with Crippen LogP contribution < -0.4 is 15.5 Å². The molecule has 3 heterocycles. The third kappa shape index (κ3) is 6.19. The number of aliphatic imine (C=N–C) groups is 1. The number of oxazole rings is 1. The molecule has 1 aromatic carbocycles. The van der Waals surface area contributed by atoms with Crippen LogP contribution in [0.25, 0.3) is 11.5 Å². The Bertz CT molecular complexity index is 1020. The standard InChI is InChI=1S/C23H28N6O2.HI/c1-17-5-7-18(8-6-17)22-28-20(16-31-22)15-27-23(24-2)26-14-19-4-3-9-25-21(19)29-10-12-30-13-11-29;/h3-9,16H,10-15H2,1-2H3,(H2,24,26,27);1H. The van der Waals surface area contributed by atoms with E-state index in [9.17, 15) is 0 Å². The van der Waals surface area contributed by atoms with Gasteiger partial charge in [-0.1, -0.05) is 23.8 Å². The molecule has 1 aliphatic heterocycles. The Kier molecular flexibility index (Phi) is 8.86. The summed E-state index contributed by atoms with van der Waals surface area (Å²) in [6.45, 7) is 6.36. The van der Waals surface area contributed by atoms with Gasteiger partial charge < -0.3 is 24.7 Å². The van der Waals surface area contributed by atoms with Gasteiger partial charge in [-0.05, 0) is 25.1 Å². The maximum Gasteiger partial charge on any atom is 0.226 e. The number of ether oxygens (including phenoxy) is 1. The van der Waals surface area contributed by atoms with E-state index in [1.54, 1.807) is 13.3 Å². The summed E-state index contributed by atoms with van der Waals surface area (Å²) in [7, 11) is 1.75. The molecule has 4 rings (SSSR count). The number of nitrogens with zero attached hydrogens (tertiary/aromatic N) is 4. The number of anilines is 1. The van der Waals surface area contributed by atoms with Crippen molar-refractivity contribution in [3.05, 3.63) is 65.7 Å². The summed E-state index contributed by atoms with van der Waals surface area (Å²) in [5.74, 6) is 2.30. The molecule has 0 aliphatic carbocycles. The maximum atomic E-state index is 5.63. The highest BCUT2D eigenvalue weighted by Gasteiger charge is 2.16. The molecule has 8 nitrogen and oxygen atoms in total. The molecule has 2 aromatic heterocycles. The molecule has 0 radical (unpaired) electrons. The largest absolute Gasteiger partial charge is 0.444 e. The first-order chi connectivity index (χ1) is 15.2. The van der Waals surface area contributed by atoms with Crippen molar-refractivity contribution >= 4 is 35.8 Å². The fourth-order valence-electron chi connectivity index (χ4n) is 3.42. The van der Waals surface area contributed by atoms with Gasteiger partial charge in [-0.3, -0.25) is 4.99 Å². The van der Waals surface area contributed by atoms with Gasteiger partial charge in [-0.2, -0.15) is 0 Å². The average molecular weight is 548 g/mol. The van der Waals surface area contributed by atoms with E-state index in [1.165, 1.54) is 5.56 Å². The normalized spacial score (nSPS) is 14.1. The zero-order valence-corrected chi connectivity index (χ0v) is 20.7. The van der Waals surface area contributed by atoms with Crippen LogP contribution in [0.5, 0.6) is 0 Å². The van der Waals surface area contributed by atoms with E-state index in [0.29, 0.717) is 24.9 Å². The lowest BCUT2D eigenvalue weighted by Crippen LogP contribution is -2.39. The van der Waals surface area contributed by atoms with Crippen LogP contribution in [0.3, 0.4) is 0 Å².